The van der Waals surface area contributed by atoms with Gasteiger partial charge in [-0.05, 0) is 26.2 Å². The lowest BCUT2D eigenvalue weighted by molar-refractivity contribution is -0.184. The first-order valence-corrected chi connectivity index (χ1v) is 8.90. The van der Waals surface area contributed by atoms with Gasteiger partial charge in [-0.3, -0.25) is 9.69 Å². The minimum atomic E-state index is -4.38. The van der Waals surface area contributed by atoms with Crippen LogP contribution >= 0.6 is 12.4 Å². The van der Waals surface area contributed by atoms with Crippen LogP contribution in [0.3, 0.4) is 0 Å². The van der Waals surface area contributed by atoms with Gasteiger partial charge in [-0.2, -0.15) is 13.2 Å². The van der Waals surface area contributed by atoms with Gasteiger partial charge in [0.2, 0.25) is 5.91 Å². The third kappa shape index (κ3) is 7.56. The number of piperazine rings is 1. The van der Waals surface area contributed by atoms with E-state index in [0.29, 0.717) is 32.8 Å². The van der Waals surface area contributed by atoms with E-state index in [1.807, 2.05) is 0 Å². The zero-order valence-electron chi connectivity index (χ0n) is 15.0. The highest BCUT2D eigenvalue weighted by Crippen LogP contribution is 2.24. The smallest absolute Gasteiger partial charge is 0.376 e. The molecule has 2 fully saturated rings. The van der Waals surface area contributed by atoms with Crippen LogP contribution in [0.4, 0.5) is 13.2 Å². The van der Waals surface area contributed by atoms with Gasteiger partial charge in [0, 0.05) is 39.3 Å². The normalized spacial score (nSPS) is 24.4. The van der Waals surface area contributed by atoms with Gasteiger partial charge in [0.05, 0.1) is 12.7 Å². The first kappa shape index (κ1) is 23.4. The van der Waals surface area contributed by atoms with E-state index in [0.717, 1.165) is 19.3 Å². The van der Waals surface area contributed by atoms with Crippen LogP contribution in [0.1, 0.15) is 26.2 Å². The van der Waals surface area contributed by atoms with Crippen LogP contribution in [-0.4, -0.2) is 81.2 Å². The number of hydrogen-bond donors (Lipinski definition) is 2. The molecule has 0 aromatic rings. The standard InChI is InChI=1S/C16H28F3N3O3.ClH/c1-12(25-11-13-4-2-3-9-24-13)15(23)21-10-14(16(17,18)19)22-7-5-20-6-8-22;/h12-14,20H,2-11H2,1H3,(H,21,23);1H. The molecule has 2 N–H and O–H groups in total. The summed E-state index contributed by atoms with van der Waals surface area (Å²) in [4.78, 5) is 13.4. The summed E-state index contributed by atoms with van der Waals surface area (Å²) in [5, 5.41) is 5.41. The molecule has 3 unspecified atom stereocenters. The number of carbonyl (C=O) groups excluding carboxylic acids is 1. The highest BCUT2D eigenvalue weighted by Gasteiger charge is 2.44. The highest BCUT2D eigenvalue weighted by molar-refractivity contribution is 5.85. The first-order valence-electron chi connectivity index (χ1n) is 8.90. The fourth-order valence-electron chi connectivity index (χ4n) is 3.05. The SMILES string of the molecule is CC(OCC1CCCCO1)C(=O)NCC(N1CCNCC1)C(F)(F)F.Cl. The van der Waals surface area contributed by atoms with Crippen molar-refractivity contribution < 1.29 is 27.4 Å². The number of ether oxygens (including phenoxy) is 2. The van der Waals surface area contributed by atoms with Crippen molar-refractivity contribution in [1.82, 2.24) is 15.5 Å². The molecule has 0 aromatic carbocycles. The van der Waals surface area contributed by atoms with Gasteiger partial charge >= 0.3 is 6.18 Å². The summed E-state index contributed by atoms with van der Waals surface area (Å²) >= 11 is 0. The Labute approximate surface area is 158 Å². The quantitative estimate of drug-likeness (QED) is 0.671. The van der Waals surface area contributed by atoms with Gasteiger partial charge in [-0.1, -0.05) is 0 Å². The van der Waals surface area contributed by atoms with Crippen LogP contribution in [0.2, 0.25) is 0 Å². The fourth-order valence-corrected chi connectivity index (χ4v) is 3.05. The molecule has 26 heavy (non-hydrogen) atoms. The Morgan fingerprint density at radius 1 is 1.35 bits per heavy atom. The van der Waals surface area contributed by atoms with Crippen molar-refractivity contribution in [3.63, 3.8) is 0 Å². The predicted molar refractivity (Wildman–Crippen MR) is 93.5 cm³/mol. The second-order valence-electron chi connectivity index (χ2n) is 6.55. The number of hydrogen-bond acceptors (Lipinski definition) is 5. The molecule has 2 heterocycles. The topological polar surface area (TPSA) is 62.8 Å². The van der Waals surface area contributed by atoms with Crippen LogP contribution < -0.4 is 10.6 Å². The molecule has 0 aliphatic carbocycles. The number of amides is 1. The zero-order chi connectivity index (χ0) is 18.3. The molecule has 2 aliphatic rings. The third-order valence-corrected chi connectivity index (χ3v) is 4.62. The van der Waals surface area contributed by atoms with Crippen molar-refractivity contribution in [2.45, 2.75) is 50.6 Å². The Morgan fingerprint density at radius 2 is 2.04 bits per heavy atom. The Bertz CT molecular complexity index is 417. The van der Waals surface area contributed by atoms with E-state index >= 15 is 0 Å². The Morgan fingerprint density at radius 3 is 2.62 bits per heavy atom. The number of nitrogens with zero attached hydrogens (tertiary/aromatic N) is 1. The molecule has 0 bridgehead atoms. The van der Waals surface area contributed by atoms with Crippen molar-refractivity contribution in [3.05, 3.63) is 0 Å². The van der Waals surface area contributed by atoms with Crippen molar-refractivity contribution in [2.75, 3.05) is 45.9 Å². The van der Waals surface area contributed by atoms with Gasteiger partial charge < -0.3 is 20.1 Å². The fraction of sp³-hybridized carbons (Fsp3) is 0.938. The summed E-state index contributed by atoms with van der Waals surface area (Å²) in [5.74, 6) is -0.528. The number of nitrogens with one attached hydrogen (secondary N) is 2. The first-order chi connectivity index (χ1) is 11.9. The summed E-state index contributed by atoms with van der Waals surface area (Å²) in [7, 11) is 0. The van der Waals surface area contributed by atoms with Crippen LogP contribution in [0, 0.1) is 0 Å². The number of alkyl halides is 3. The van der Waals surface area contributed by atoms with Crippen molar-refractivity contribution in [3.8, 4) is 0 Å². The van der Waals surface area contributed by atoms with Crippen molar-refractivity contribution >= 4 is 18.3 Å². The molecule has 0 spiro atoms. The Balaban J connectivity index is 0.00000338. The van der Waals surface area contributed by atoms with E-state index < -0.39 is 30.8 Å². The van der Waals surface area contributed by atoms with Crippen molar-refractivity contribution in [2.24, 2.45) is 0 Å². The van der Waals surface area contributed by atoms with E-state index in [1.54, 1.807) is 6.92 Å². The molecule has 2 saturated heterocycles. The minimum Gasteiger partial charge on any atom is -0.376 e. The lowest BCUT2D eigenvalue weighted by Gasteiger charge is -2.36. The molecular weight excluding hydrogens is 375 g/mol. The molecule has 0 saturated carbocycles. The van der Waals surface area contributed by atoms with E-state index in [1.165, 1.54) is 4.90 Å². The van der Waals surface area contributed by atoms with E-state index in [2.05, 4.69) is 10.6 Å². The van der Waals surface area contributed by atoms with Gasteiger partial charge in [-0.15, -0.1) is 12.4 Å². The molecule has 6 nitrogen and oxygen atoms in total. The molecule has 1 amide bonds. The van der Waals surface area contributed by atoms with Gasteiger partial charge in [-0.25, -0.2) is 0 Å². The summed E-state index contributed by atoms with van der Waals surface area (Å²) in [5.41, 5.74) is 0. The summed E-state index contributed by atoms with van der Waals surface area (Å²) < 4.78 is 50.8. The average molecular weight is 404 g/mol. The van der Waals surface area contributed by atoms with E-state index in [-0.39, 0.29) is 25.1 Å². The molecule has 2 rings (SSSR count). The average Bonchev–Trinajstić information content (AvgIpc) is 2.60. The zero-order valence-corrected chi connectivity index (χ0v) is 15.8. The summed E-state index contributed by atoms with van der Waals surface area (Å²) in [6, 6.07) is -1.67. The van der Waals surface area contributed by atoms with Crippen molar-refractivity contribution in [1.29, 1.82) is 0 Å². The maximum Gasteiger partial charge on any atom is 0.405 e. The Kier molecular flexibility index (Phi) is 10.2. The second kappa shape index (κ2) is 11.3. The molecule has 3 atom stereocenters. The Hall–Kier alpha value is -0.610. The number of halogens is 4. The third-order valence-electron chi connectivity index (χ3n) is 4.62. The number of carbonyl (C=O) groups is 1. The van der Waals surface area contributed by atoms with E-state index in [9.17, 15) is 18.0 Å². The molecule has 0 radical (unpaired) electrons. The maximum atomic E-state index is 13.3. The number of rotatable bonds is 7. The van der Waals surface area contributed by atoms with Gasteiger partial charge in [0.25, 0.3) is 0 Å². The van der Waals surface area contributed by atoms with Gasteiger partial charge in [0.1, 0.15) is 12.1 Å². The molecule has 2 aliphatic heterocycles. The molecule has 154 valence electrons. The van der Waals surface area contributed by atoms with Crippen LogP contribution in [0.25, 0.3) is 0 Å². The maximum absolute atomic E-state index is 13.3. The largest absolute Gasteiger partial charge is 0.405 e. The molecule has 10 heteroatoms. The lowest BCUT2D eigenvalue weighted by Crippen LogP contribution is -2.58. The second-order valence-corrected chi connectivity index (χ2v) is 6.55. The van der Waals surface area contributed by atoms with Crippen LogP contribution in [-0.2, 0) is 14.3 Å². The molecular formula is C16H29ClF3N3O3. The summed E-state index contributed by atoms with van der Waals surface area (Å²) in [6.07, 6.45) is -2.25. The lowest BCUT2D eigenvalue weighted by atomic mass is 10.1. The van der Waals surface area contributed by atoms with Crippen LogP contribution in [0.5, 0.6) is 0 Å². The van der Waals surface area contributed by atoms with Crippen LogP contribution in [0.15, 0.2) is 0 Å². The highest BCUT2D eigenvalue weighted by atomic mass is 35.5. The molecule has 0 aromatic heterocycles. The predicted octanol–water partition coefficient (Wildman–Crippen LogP) is 1.33. The minimum absolute atomic E-state index is 0. The van der Waals surface area contributed by atoms with E-state index in [4.69, 9.17) is 9.47 Å². The summed E-state index contributed by atoms with van der Waals surface area (Å²) in [6.45, 7) is 3.71. The monoisotopic (exact) mass is 403 g/mol. The van der Waals surface area contributed by atoms with Gasteiger partial charge in [0.15, 0.2) is 0 Å².